The van der Waals surface area contributed by atoms with Gasteiger partial charge >= 0.3 is 0 Å². The summed E-state index contributed by atoms with van der Waals surface area (Å²) in [5.74, 6) is 0.0532. The third-order valence-corrected chi connectivity index (χ3v) is 4.98. The summed E-state index contributed by atoms with van der Waals surface area (Å²) in [6, 6.07) is 11.5. The zero-order valence-corrected chi connectivity index (χ0v) is 15.6. The number of aryl methyl sites for hydroxylation is 2. The summed E-state index contributed by atoms with van der Waals surface area (Å²) in [6.07, 6.45) is 0.216. The van der Waals surface area contributed by atoms with Crippen LogP contribution in [0.3, 0.4) is 0 Å². The maximum absolute atomic E-state index is 12.7. The van der Waals surface area contributed by atoms with Crippen molar-refractivity contribution in [2.24, 2.45) is 5.92 Å². The molecule has 5 heteroatoms. The van der Waals surface area contributed by atoms with Crippen LogP contribution in [-0.4, -0.2) is 25.5 Å². The molecule has 1 aliphatic heterocycles. The summed E-state index contributed by atoms with van der Waals surface area (Å²) < 4.78 is 5.31. The number of hydrogen-bond acceptors (Lipinski definition) is 3. The van der Waals surface area contributed by atoms with Crippen molar-refractivity contribution >= 4 is 23.2 Å². The highest BCUT2D eigenvalue weighted by atomic mass is 16.5. The van der Waals surface area contributed by atoms with Crippen molar-refractivity contribution < 1.29 is 14.3 Å². The minimum Gasteiger partial charge on any atom is -0.495 e. The minimum atomic E-state index is -0.382. The topological polar surface area (TPSA) is 58.6 Å². The molecule has 2 aromatic carbocycles. The van der Waals surface area contributed by atoms with E-state index in [-0.39, 0.29) is 24.2 Å². The lowest BCUT2D eigenvalue weighted by molar-refractivity contribution is -0.122. The second-order valence-corrected chi connectivity index (χ2v) is 6.82. The zero-order chi connectivity index (χ0) is 18.8. The highest BCUT2D eigenvalue weighted by Gasteiger charge is 2.36. The number of benzene rings is 2. The summed E-state index contributed by atoms with van der Waals surface area (Å²) in [7, 11) is 1.57. The molecule has 1 fully saturated rings. The Morgan fingerprint density at radius 1 is 1.19 bits per heavy atom. The molecule has 0 bridgehead atoms. The molecular formula is C21H24N2O3. The number of anilines is 2. The van der Waals surface area contributed by atoms with Crippen LogP contribution < -0.4 is 15.0 Å². The lowest BCUT2D eigenvalue weighted by atomic mass is 10.1. The van der Waals surface area contributed by atoms with Crippen LogP contribution in [-0.2, 0) is 9.59 Å². The van der Waals surface area contributed by atoms with Crippen molar-refractivity contribution in [3.63, 3.8) is 0 Å². The zero-order valence-electron chi connectivity index (χ0n) is 15.6. The molecule has 136 valence electrons. The summed E-state index contributed by atoms with van der Waals surface area (Å²) in [5, 5.41) is 2.92. The Kier molecular flexibility index (Phi) is 4.98. The molecule has 1 aliphatic rings. The number of nitrogens with zero attached hydrogens (tertiary/aromatic N) is 1. The number of amides is 2. The van der Waals surface area contributed by atoms with Crippen molar-refractivity contribution in [2.45, 2.75) is 27.2 Å². The lowest BCUT2D eigenvalue weighted by Crippen LogP contribution is -2.28. The fraction of sp³-hybridized carbons (Fsp3) is 0.333. The van der Waals surface area contributed by atoms with Crippen molar-refractivity contribution in [3.8, 4) is 5.75 Å². The quantitative estimate of drug-likeness (QED) is 0.914. The lowest BCUT2D eigenvalue weighted by Gasteiger charge is -2.20. The molecule has 2 amide bonds. The number of ether oxygens (including phenoxy) is 1. The molecule has 1 atom stereocenters. The second kappa shape index (κ2) is 7.20. The van der Waals surface area contributed by atoms with Gasteiger partial charge in [-0.15, -0.1) is 0 Å². The summed E-state index contributed by atoms with van der Waals surface area (Å²) in [6.45, 7) is 6.37. The standard InChI is InChI=1S/C21H24N2O3/c1-13-8-9-19(26-4)17(10-13)22-21(25)16-11-20(24)23(12-16)18-7-5-6-14(2)15(18)3/h5-10,16H,11-12H2,1-4H3,(H,22,25)/t16-/m0/s1. The maximum Gasteiger partial charge on any atom is 0.229 e. The van der Waals surface area contributed by atoms with Gasteiger partial charge in [-0.3, -0.25) is 9.59 Å². The third-order valence-electron chi connectivity index (χ3n) is 4.98. The van der Waals surface area contributed by atoms with E-state index in [9.17, 15) is 9.59 Å². The Hall–Kier alpha value is -2.82. The predicted molar refractivity (Wildman–Crippen MR) is 103 cm³/mol. The van der Waals surface area contributed by atoms with Crippen LogP contribution >= 0.6 is 0 Å². The molecule has 0 aromatic heterocycles. The van der Waals surface area contributed by atoms with Crippen LogP contribution in [0.15, 0.2) is 36.4 Å². The highest BCUT2D eigenvalue weighted by molar-refractivity contribution is 6.04. The number of carbonyl (C=O) groups is 2. The Bertz CT molecular complexity index is 860. The highest BCUT2D eigenvalue weighted by Crippen LogP contribution is 2.31. The Morgan fingerprint density at radius 3 is 2.69 bits per heavy atom. The fourth-order valence-corrected chi connectivity index (χ4v) is 3.30. The van der Waals surface area contributed by atoms with E-state index in [1.54, 1.807) is 12.0 Å². The van der Waals surface area contributed by atoms with E-state index in [4.69, 9.17) is 4.74 Å². The molecule has 0 unspecified atom stereocenters. The molecular weight excluding hydrogens is 328 g/mol. The first-order chi connectivity index (χ1) is 12.4. The minimum absolute atomic E-state index is 0.0185. The predicted octanol–water partition coefficient (Wildman–Crippen LogP) is 3.61. The fourth-order valence-electron chi connectivity index (χ4n) is 3.30. The van der Waals surface area contributed by atoms with Gasteiger partial charge in [-0.05, 0) is 55.7 Å². The number of nitrogens with one attached hydrogen (secondary N) is 1. The first kappa shape index (κ1) is 18.0. The SMILES string of the molecule is COc1ccc(C)cc1NC(=O)[C@H]1CC(=O)N(c2cccc(C)c2C)C1. The molecule has 26 heavy (non-hydrogen) atoms. The molecule has 5 nitrogen and oxygen atoms in total. The van der Waals surface area contributed by atoms with E-state index in [0.717, 1.165) is 22.4 Å². The van der Waals surface area contributed by atoms with Crippen LogP contribution in [0.25, 0.3) is 0 Å². The van der Waals surface area contributed by atoms with Gasteiger partial charge in [0.15, 0.2) is 0 Å². The molecule has 0 saturated carbocycles. The van der Waals surface area contributed by atoms with E-state index < -0.39 is 0 Å². The smallest absolute Gasteiger partial charge is 0.229 e. The average molecular weight is 352 g/mol. The summed E-state index contributed by atoms with van der Waals surface area (Å²) in [5.41, 5.74) is 4.75. The number of methoxy groups -OCH3 is 1. The van der Waals surface area contributed by atoms with E-state index in [1.165, 1.54) is 0 Å². The van der Waals surface area contributed by atoms with E-state index in [0.29, 0.717) is 18.0 Å². The van der Waals surface area contributed by atoms with Crippen LogP contribution in [0.2, 0.25) is 0 Å². The van der Waals surface area contributed by atoms with Crippen LogP contribution in [0.4, 0.5) is 11.4 Å². The van der Waals surface area contributed by atoms with Crippen molar-refractivity contribution in [3.05, 3.63) is 53.1 Å². The third kappa shape index (κ3) is 3.43. The van der Waals surface area contributed by atoms with Gasteiger partial charge in [0.1, 0.15) is 5.75 Å². The van der Waals surface area contributed by atoms with Gasteiger partial charge < -0.3 is 15.0 Å². The summed E-state index contributed by atoms with van der Waals surface area (Å²) >= 11 is 0. The first-order valence-corrected chi connectivity index (χ1v) is 8.72. The van der Waals surface area contributed by atoms with Gasteiger partial charge in [-0.25, -0.2) is 0 Å². The van der Waals surface area contributed by atoms with Crippen LogP contribution in [0, 0.1) is 26.7 Å². The van der Waals surface area contributed by atoms with Crippen molar-refractivity contribution in [1.82, 2.24) is 0 Å². The van der Waals surface area contributed by atoms with Crippen molar-refractivity contribution in [2.75, 3.05) is 23.9 Å². The Labute approximate surface area is 154 Å². The van der Waals surface area contributed by atoms with Gasteiger partial charge in [-0.1, -0.05) is 18.2 Å². The summed E-state index contributed by atoms with van der Waals surface area (Å²) in [4.78, 5) is 26.9. The van der Waals surface area contributed by atoms with Gasteiger partial charge in [-0.2, -0.15) is 0 Å². The van der Waals surface area contributed by atoms with Gasteiger partial charge in [0, 0.05) is 18.7 Å². The van der Waals surface area contributed by atoms with Gasteiger partial charge in [0.05, 0.1) is 18.7 Å². The number of hydrogen-bond donors (Lipinski definition) is 1. The van der Waals surface area contributed by atoms with Crippen LogP contribution in [0.5, 0.6) is 5.75 Å². The first-order valence-electron chi connectivity index (χ1n) is 8.72. The molecule has 0 radical (unpaired) electrons. The largest absolute Gasteiger partial charge is 0.495 e. The average Bonchev–Trinajstić information content (AvgIpc) is 2.99. The van der Waals surface area contributed by atoms with Gasteiger partial charge in [0.2, 0.25) is 11.8 Å². The van der Waals surface area contributed by atoms with E-state index >= 15 is 0 Å². The van der Waals surface area contributed by atoms with E-state index in [1.807, 2.05) is 57.2 Å². The second-order valence-electron chi connectivity index (χ2n) is 6.82. The number of carbonyl (C=O) groups excluding carboxylic acids is 2. The molecule has 1 N–H and O–H groups in total. The van der Waals surface area contributed by atoms with Gasteiger partial charge in [0.25, 0.3) is 0 Å². The Balaban J connectivity index is 1.77. The van der Waals surface area contributed by atoms with Crippen LogP contribution in [0.1, 0.15) is 23.1 Å². The number of rotatable bonds is 4. The Morgan fingerprint density at radius 2 is 1.96 bits per heavy atom. The molecule has 0 aliphatic carbocycles. The molecule has 0 spiro atoms. The van der Waals surface area contributed by atoms with E-state index in [2.05, 4.69) is 5.32 Å². The monoisotopic (exact) mass is 352 g/mol. The molecule has 3 rings (SSSR count). The molecule has 1 saturated heterocycles. The molecule has 2 aromatic rings. The maximum atomic E-state index is 12.7. The van der Waals surface area contributed by atoms with Crippen molar-refractivity contribution in [1.29, 1.82) is 0 Å². The normalized spacial score (nSPS) is 16.7. The molecule has 1 heterocycles.